The monoisotopic (exact) mass is 372 g/mol. The fourth-order valence-electron chi connectivity index (χ4n) is 2.24. The zero-order chi connectivity index (χ0) is 18.5. The minimum Gasteiger partial charge on any atom is -0.497 e. The van der Waals surface area contributed by atoms with Gasteiger partial charge in [-0.25, -0.2) is 15.0 Å². The van der Waals surface area contributed by atoms with Crippen molar-refractivity contribution in [1.82, 2.24) is 15.0 Å². The maximum atomic E-state index is 6.21. The molecule has 0 saturated carbocycles. The van der Waals surface area contributed by atoms with Crippen molar-refractivity contribution in [3.8, 4) is 11.5 Å². The van der Waals surface area contributed by atoms with E-state index in [1.165, 1.54) is 6.33 Å². The van der Waals surface area contributed by atoms with Crippen molar-refractivity contribution in [2.24, 2.45) is 0 Å². The third kappa shape index (κ3) is 3.70. The summed E-state index contributed by atoms with van der Waals surface area (Å²) < 4.78 is 10.6. The number of benzene rings is 1. The summed E-state index contributed by atoms with van der Waals surface area (Å²) in [6.45, 7) is 0. The van der Waals surface area contributed by atoms with Gasteiger partial charge in [-0.05, 0) is 24.3 Å². The average Bonchev–Trinajstić information content (AvgIpc) is 2.66. The Morgan fingerprint density at radius 2 is 1.69 bits per heavy atom. The van der Waals surface area contributed by atoms with E-state index in [2.05, 4.69) is 25.6 Å². The van der Waals surface area contributed by atoms with Crippen molar-refractivity contribution < 1.29 is 9.47 Å². The number of ether oxygens (including phenoxy) is 2. The van der Waals surface area contributed by atoms with E-state index in [0.717, 1.165) is 0 Å². The first-order valence-corrected chi connectivity index (χ1v) is 7.97. The molecule has 0 aliphatic heterocycles. The Hall–Kier alpha value is -3.26. The van der Waals surface area contributed by atoms with E-state index < -0.39 is 0 Å². The Morgan fingerprint density at radius 3 is 2.35 bits per heavy atom. The lowest BCUT2D eigenvalue weighted by Gasteiger charge is -2.15. The third-order valence-corrected chi connectivity index (χ3v) is 3.86. The number of rotatable bonds is 6. The van der Waals surface area contributed by atoms with Gasteiger partial charge in [0.15, 0.2) is 16.8 Å². The molecule has 4 N–H and O–H groups in total. The van der Waals surface area contributed by atoms with Gasteiger partial charge in [0.05, 0.1) is 25.6 Å². The van der Waals surface area contributed by atoms with Gasteiger partial charge < -0.3 is 25.8 Å². The number of hydrogen-bond acceptors (Lipinski definition) is 8. The van der Waals surface area contributed by atoms with Gasteiger partial charge in [-0.1, -0.05) is 11.6 Å². The van der Waals surface area contributed by atoms with Crippen LogP contribution in [0.15, 0.2) is 42.9 Å². The van der Waals surface area contributed by atoms with Crippen molar-refractivity contribution >= 4 is 40.3 Å². The summed E-state index contributed by atoms with van der Waals surface area (Å²) in [7, 11) is 3.16. The molecule has 0 saturated heterocycles. The normalized spacial score (nSPS) is 10.3. The molecule has 0 radical (unpaired) electrons. The van der Waals surface area contributed by atoms with Crippen LogP contribution in [0.5, 0.6) is 11.5 Å². The highest BCUT2D eigenvalue weighted by molar-refractivity contribution is 6.32. The lowest BCUT2D eigenvalue weighted by atomic mass is 10.2. The lowest BCUT2D eigenvalue weighted by molar-refractivity contribution is 0.405. The van der Waals surface area contributed by atoms with Crippen LogP contribution in [0.3, 0.4) is 0 Å². The summed E-state index contributed by atoms with van der Waals surface area (Å²) in [5.74, 6) is 2.10. The topological polar surface area (TPSA) is 107 Å². The lowest BCUT2D eigenvalue weighted by Crippen LogP contribution is -2.06. The molecule has 8 nitrogen and oxygen atoms in total. The zero-order valence-electron chi connectivity index (χ0n) is 14.2. The van der Waals surface area contributed by atoms with Crippen molar-refractivity contribution in [1.29, 1.82) is 0 Å². The van der Waals surface area contributed by atoms with Crippen molar-refractivity contribution in [2.45, 2.75) is 0 Å². The molecule has 2 heterocycles. The molecule has 9 heteroatoms. The number of hydrogen-bond donors (Lipinski definition) is 3. The summed E-state index contributed by atoms with van der Waals surface area (Å²) in [4.78, 5) is 12.4. The molecule has 0 aliphatic carbocycles. The fraction of sp³-hybridized carbons (Fsp3) is 0.118. The smallest absolute Gasteiger partial charge is 0.159 e. The van der Waals surface area contributed by atoms with E-state index >= 15 is 0 Å². The number of halogens is 1. The van der Waals surface area contributed by atoms with Crippen LogP contribution in [-0.2, 0) is 0 Å². The van der Waals surface area contributed by atoms with Crippen LogP contribution in [0.2, 0.25) is 5.15 Å². The quantitative estimate of drug-likeness (QED) is 0.563. The minimum atomic E-state index is 0.314. The van der Waals surface area contributed by atoms with Crippen LogP contribution in [0.25, 0.3) is 0 Å². The molecule has 0 unspecified atom stereocenters. The maximum Gasteiger partial charge on any atom is 0.159 e. The SMILES string of the molecule is COc1ccc(OC)c(Nc2ncnc(Nc3cccnc3Cl)c2N)c1. The second-order valence-corrected chi connectivity index (χ2v) is 5.50. The Bertz CT molecular complexity index is 922. The molecule has 3 aromatic rings. The summed E-state index contributed by atoms with van der Waals surface area (Å²) in [6.07, 6.45) is 2.98. The van der Waals surface area contributed by atoms with Crippen LogP contribution in [0.4, 0.5) is 28.7 Å². The number of pyridine rings is 1. The molecule has 1 aromatic carbocycles. The van der Waals surface area contributed by atoms with Gasteiger partial charge >= 0.3 is 0 Å². The molecular weight excluding hydrogens is 356 g/mol. The molecule has 0 atom stereocenters. The molecule has 0 fully saturated rings. The highest BCUT2D eigenvalue weighted by atomic mass is 35.5. The molecule has 2 aromatic heterocycles. The average molecular weight is 373 g/mol. The Balaban J connectivity index is 1.92. The highest BCUT2D eigenvalue weighted by Crippen LogP contribution is 2.34. The van der Waals surface area contributed by atoms with Crippen molar-refractivity contribution in [3.05, 3.63) is 48.0 Å². The number of nitrogens with one attached hydrogen (secondary N) is 2. The number of aromatic nitrogens is 3. The predicted molar refractivity (Wildman–Crippen MR) is 102 cm³/mol. The van der Waals surface area contributed by atoms with Gasteiger partial charge in [-0.2, -0.15) is 0 Å². The first kappa shape index (κ1) is 17.6. The Labute approximate surface area is 155 Å². The zero-order valence-corrected chi connectivity index (χ0v) is 14.9. The molecule has 3 rings (SSSR count). The van der Waals surface area contributed by atoms with Crippen LogP contribution >= 0.6 is 11.6 Å². The predicted octanol–water partition coefficient (Wildman–Crippen LogP) is 3.61. The molecular formula is C17H17ClN6O2. The minimum absolute atomic E-state index is 0.314. The largest absolute Gasteiger partial charge is 0.497 e. The van der Waals surface area contributed by atoms with Crippen LogP contribution < -0.4 is 25.8 Å². The first-order valence-electron chi connectivity index (χ1n) is 7.59. The molecule has 0 amide bonds. The number of anilines is 5. The van der Waals surface area contributed by atoms with Gasteiger partial charge in [0.2, 0.25) is 0 Å². The molecule has 134 valence electrons. The number of nitrogens with zero attached hydrogens (tertiary/aromatic N) is 3. The first-order chi connectivity index (χ1) is 12.6. The van der Waals surface area contributed by atoms with Crippen molar-refractivity contribution in [2.75, 3.05) is 30.6 Å². The summed E-state index contributed by atoms with van der Waals surface area (Å²) >= 11 is 6.07. The second kappa shape index (κ2) is 7.75. The van der Waals surface area contributed by atoms with Gasteiger partial charge in [0.1, 0.15) is 23.5 Å². The standard InChI is InChI=1S/C17H17ClN6O2/c1-25-10-5-6-13(26-2)12(8-10)24-17-14(19)16(21-9-22-17)23-11-4-3-7-20-15(11)18/h3-9H,19H2,1-2H3,(H2,21,22,23,24). The summed E-state index contributed by atoms with van der Waals surface area (Å²) in [5, 5.41) is 6.50. The van der Waals surface area contributed by atoms with Crippen molar-refractivity contribution in [3.63, 3.8) is 0 Å². The van der Waals surface area contributed by atoms with Gasteiger partial charge in [-0.3, -0.25) is 0 Å². The number of methoxy groups -OCH3 is 2. The van der Waals surface area contributed by atoms with E-state index in [4.69, 9.17) is 26.8 Å². The van der Waals surface area contributed by atoms with E-state index in [0.29, 0.717) is 45.4 Å². The Kier molecular flexibility index (Phi) is 5.23. The van der Waals surface area contributed by atoms with Gasteiger partial charge in [0, 0.05) is 12.3 Å². The highest BCUT2D eigenvalue weighted by Gasteiger charge is 2.13. The molecule has 0 bridgehead atoms. The van der Waals surface area contributed by atoms with Crippen LogP contribution in [0.1, 0.15) is 0 Å². The molecule has 0 spiro atoms. The van der Waals surface area contributed by atoms with Gasteiger partial charge in [-0.15, -0.1) is 0 Å². The van der Waals surface area contributed by atoms with E-state index in [9.17, 15) is 0 Å². The van der Waals surface area contributed by atoms with E-state index in [1.807, 2.05) is 0 Å². The summed E-state index contributed by atoms with van der Waals surface area (Å²) in [5.41, 5.74) is 7.77. The second-order valence-electron chi connectivity index (χ2n) is 5.14. The fourth-order valence-corrected chi connectivity index (χ4v) is 2.41. The van der Waals surface area contributed by atoms with Gasteiger partial charge in [0.25, 0.3) is 0 Å². The Morgan fingerprint density at radius 1 is 0.962 bits per heavy atom. The maximum absolute atomic E-state index is 6.21. The molecule has 26 heavy (non-hydrogen) atoms. The molecule has 0 aliphatic rings. The van der Waals surface area contributed by atoms with Crippen LogP contribution in [-0.4, -0.2) is 29.2 Å². The number of nitrogen functional groups attached to an aromatic ring is 1. The number of nitrogens with two attached hydrogens (primary N) is 1. The van der Waals surface area contributed by atoms with E-state index in [-0.39, 0.29) is 0 Å². The van der Waals surface area contributed by atoms with Crippen LogP contribution in [0, 0.1) is 0 Å². The summed E-state index contributed by atoms with van der Waals surface area (Å²) in [6, 6.07) is 8.89. The third-order valence-electron chi connectivity index (χ3n) is 3.56. The van der Waals surface area contributed by atoms with E-state index in [1.54, 1.807) is 50.7 Å².